The SMILES string of the molecule is CC(=O)N1CCc2cc(S(=O)(=O)NCc3ccnc(OCc4ccccc4)c3)ccc21. The first kappa shape index (κ1) is 21.0. The van der Waals surface area contributed by atoms with E-state index in [1.165, 1.54) is 13.0 Å². The van der Waals surface area contributed by atoms with E-state index in [-0.39, 0.29) is 17.3 Å². The highest BCUT2D eigenvalue weighted by molar-refractivity contribution is 7.89. The minimum Gasteiger partial charge on any atom is -0.473 e. The van der Waals surface area contributed by atoms with Crippen molar-refractivity contribution in [3.63, 3.8) is 0 Å². The van der Waals surface area contributed by atoms with Crippen molar-refractivity contribution >= 4 is 21.6 Å². The topological polar surface area (TPSA) is 88.6 Å². The molecule has 0 bridgehead atoms. The van der Waals surface area contributed by atoms with E-state index in [0.29, 0.717) is 25.5 Å². The van der Waals surface area contributed by atoms with Crippen molar-refractivity contribution in [1.82, 2.24) is 9.71 Å². The van der Waals surface area contributed by atoms with Crippen LogP contribution in [0.15, 0.2) is 71.8 Å². The van der Waals surface area contributed by atoms with Gasteiger partial charge in [0, 0.05) is 38.0 Å². The van der Waals surface area contributed by atoms with Gasteiger partial charge in [-0.15, -0.1) is 0 Å². The zero-order chi connectivity index (χ0) is 21.8. The van der Waals surface area contributed by atoms with E-state index in [2.05, 4.69) is 9.71 Å². The second-order valence-electron chi connectivity index (χ2n) is 7.31. The van der Waals surface area contributed by atoms with Crippen LogP contribution in [0.1, 0.15) is 23.6 Å². The molecule has 160 valence electrons. The molecule has 2 heterocycles. The molecule has 0 radical (unpaired) electrons. The first-order valence-corrected chi connectivity index (χ1v) is 11.4. The largest absolute Gasteiger partial charge is 0.473 e. The maximum atomic E-state index is 12.8. The molecule has 1 aliphatic heterocycles. The number of fused-ring (bicyclic) bond motifs is 1. The average Bonchev–Trinajstić information content (AvgIpc) is 3.21. The molecule has 2 aromatic carbocycles. The van der Waals surface area contributed by atoms with Gasteiger partial charge in [0.05, 0.1) is 4.90 Å². The maximum absolute atomic E-state index is 12.8. The summed E-state index contributed by atoms with van der Waals surface area (Å²) in [6.07, 6.45) is 2.24. The summed E-state index contributed by atoms with van der Waals surface area (Å²) < 4.78 is 33.9. The van der Waals surface area contributed by atoms with E-state index in [9.17, 15) is 13.2 Å². The van der Waals surface area contributed by atoms with Gasteiger partial charge in [0.25, 0.3) is 0 Å². The number of sulfonamides is 1. The van der Waals surface area contributed by atoms with Crippen LogP contribution in [0.4, 0.5) is 5.69 Å². The third-order valence-electron chi connectivity index (χ3n) is 5.13. The number of pyridine rings is 1. The summed E-state index contributed by atoms with van der Waals surface area (Å²) >= 11 is 0. The van der Waals surface area contributed by atoms with Gasteiger partial charge in [-0.25, -0.2) is 18.1 Å². The Balaban J connectivity index is 1.41. The fraction of sp³-hybridized carbons (Fsp3) is 0.217. The number of amides is 1. The lowest BCUT2D eigenvalue weighted by atomic mass is 10.2. The summed E-state index contributed by atoms with van der Waals surface area (Å²) in [7, 11) is -3.70. The summed E-state index contributed by atoms with van der Waals surface area (Å²) in [5.74, 6) is 0.387. The Morgan fingerprint density at radius 3 is 2.68 bits per heavy atom. The van der Waals surface area contributed by atoms with Gasteiger partial charge in [-0.05, 0) is 47.4 Å². The van der Waals surface area contributed by atoms with Crippen molar-refractivity contribution in [2.45, 2.75) is 31.4 Å². The quantitative estimate of drug-likeness (QED) is 0.614. The van der Waals surface area contributed by atoms with Gasteiger partial charge in [-0.2, -0.15) is 0 Å². The smallest absolute Gasteiger partial charge is 0.240 e. The van der Waals surface area contributed by atoms with Gasteiger partial charge >= 0.3 is 0 Å². The minimum absolute atomic E-state index is 0.0459. The zero-order valence-electron chi connectivity index (χ0n) is 17.1. The number of carbonyl (C=O) groups is 1. The number of ether oxygens (including phenoxy) is 1. The predicted octanol–water partition coefficient (Wildman–Crippen LogP) is 3.05. The number of rotatable bonds is 7. The monoisotopic (exact) mass is 437 g/mol. The molecule has 1 amide bonds. The van der Waals surface area contributed by atoms with Crippen LogP contribution < -0.4 is 14.4 Å². The first-order valence-electron chi connectivity index (χ1n) is 9.95. The van der Waals surface area contributed by atoms with Crippen molar-refractivity contribution < 1.29 is 17.9 Å². The lowest BCUT2D eigenvalue weighted by Crippen LogP contribution is -2.26. The lowest BCUT2D eigenvalue weighted by Gasteiger charge is -2.15. The van der Waals surface area contributed by atoms with Crippen molar-refractivity contribution in [2.75, 3.05) is 11.4 Å². The maximum Gasteiger partial charge on any atom is 0.240 e. The molecule has 3 aromatic rings. The van der Waals surface area contributed by atoms with E-state index in [1.807, 2.05) is 30.3 Å². The van der Waals surface area contributed by atoms with Crippen LogP contribution >= 0.6 is 0 Å². The van der Waals surface area contributed by atoms with Gasteiger partial charge in [-0.3, -0.25) is 4.79 Å². The Morgan fingerprint density at radius 2 is 1.90 bits per heavy atom. The molecular formula is C23H23N3O4S. The Hall–Kier alpha value is -3.23. The lowest BCUT2D eigenvalue weighted by molar-refractivity contribution is -0.116. The Morgan fingerprint density at radius 1 is 1.10 bits per heavy atom. The molecule has 0 aliphatic carbocycles. The van der Waals surface area contributed by atoms with E-state index in [1.54, 1.807) is 35.4 Å². The van der Waals surface area contributed by atoms with E-state index < -0.39 is 10.0 Å². The minimum atomic E-state index is -3.70. The normalized spacial score (nSPS) is 13.1. The Bertz CT molecular complexity index is 1200. The summed E-state index contributed by atoms with van der Waals surface area (Å²) in [5.41, 5.74) is 3.40. The van der Waals surface area contributed by atoms with Gasteiger partial charge in [0.1, 0.15) is 6.61 Å². The number of hydrogen-bond donors (Lipinski definition) is 1. The van der Waals surface area contributed by atoms with Crippen molar-refractivity contribution in [3.8, 4) is 5.88 Å². The number of anilines is 1. The van der Waals surface area contributed by atoms with Crippen molar-refractivity contribution in [3.05, 3.63) is 83.6 Å². The predicted molar refractivity (Wildman–Crippen MR) is 117 cm³/mol. The molecule has 0 saturated carbocycles. The van der Waals surface area contributed by atoms with Crippen LogP contribution in [0, 0.1) is 0 Å². The number of carbonyl (C=O) groups excluding carboxylic acids is 1. The standard InChI is InChI=1S/C23H23N3O4S/c1-17(27)26-12-10-20-14-21(7-8-22(20)26)31(28,29)25-15-19-9-11-24-23(13-19)30-16-18-5-3-2-4-6-18/h2-9,11,13-14,25H,10,12,15-16H2,1H3. The average molecular weight is 438 g/mol. The molecule has 0 fully saturated rings. The summed E-state index contributed by atoms with van der Waals surface area (Å²) in [6, 6.07) is 18.1. The zero-order valence-corrected chi connectivity index (χ0v) is 17.9. The van der Waals surface area contributed by atoms with E-state index >= 15 is 0 Å². The molecule has 0 spiro atoms. The molecule has 0 saturated heterocycles. The molecule has 31 heavy (non-hydrogen) atoms. The first-order chi connectivity index (χ1) is 14.9. The van der Waals surface area contributed by atoms with Crippen LogP contribution in [0.2, 0.25) is 0 Å². The summed E-state index contributed by atoms with van der Waals surface area (Å²) in [5, 5.41) is 0. The highest BCUT2D eigenvalue weighted by Gasteiger charge is 2.24. The molecule has 0 unspecified atom stereocenters. The summed E-state index contributed by atoms with van der Waals surface area (Å²) in [6.45, 7) is 2.58. The Labute approximate surface area is 181 Å². The van der Waals surface area contributed by atoms with Crippen LogP contribution in [-0.2, 0) is 34.4 Å². The number of nitrogens with zero attached hydrogens (tertiary/aromatic N) is 2. The second-order valence-corrected chi connectivity index (χ2v) is 9.08. The number of hydrogen-bond acceptors (Lipinski definition) is 5. The third kappa shape index (κ3) is 4.92. The molecule has 8 heteroatoms. The van der Waals surface area contributed by atoms with Crippen LogP contribution in [0.3, 0.4) is 0 Å². The fourth-order valence-electron chi connectivity index (χ4n) is 3.50. The van der Waals surface area contributed by atoms with Crippen molar-refractivity contribution in [1.29, 1.82) is 0 Å². The fourth-order valence-corrected chi connectivity index (χ4v) is 4.57. The molecule has 0 atom stereocenters. The van der Waals surface area contributed by atoms with Crippen molar-refractivity contribution in [2.24, 2.45) is 0 Å². The number of nitrogens with one attached hydrogen (secondary N) is 1. The summed E-state index contributed by atoms with van der Waals surface area (Å²) in [4.78, 5) is 17.7. The highest BCUT2D eigenvalue weighted by Crippen LogP contribution is 2.30. The molecule has 1 aromatic heterocycles. The molecule has 4 rings (SSSR count). The number of benzene rings is 2. The van der Waals surface area contributed by atoms with Crippen LogP contribution in [-0.4, -0.2) is 25.9 Å². The van der Waals surface area contributed by atoms with Gasteiger partial charge in [-0.1, -0.05) is 30.3 Å². The second kappa shape index (κ2) is 8.87. The van der Waals surface area contributed by atoms with Crippen LogP contribution in [0.5, 0.6) is 5.88 Å². The van der Waals surface area contributed by atoms with Gasteiger partial charge < -0.3 is 9.64 Å². The van der Waals surface area contributed by atoms with E-state index in [0.717, 1.165) is 22.4 Å². The number of aromatic nitrogens is 1. The van der Waals surface area contributed by atoms with Crippen LogP contribution in [0.25, 0.3) is 0 Å². The third-order valence-corrected chi connectivity index (χ3v) is 6.53. The van der Waals surface area contributed by atoms with Gasteiger partial charge in [0.2, 0.25) is 21.8 Å². The molecule has 7 nitrogen and oxygen atoms in total. The van der Waals surface area contributed by atoms with E-state index in [4.69, 9.17) is 4.74 Å². The molecule has 1 N–H and O–H groups in total. The molecule has 1 aliphatic rings. The molecular weight excluding hydrogens is 414 g/mol. The highest BCUT2D eigenvalue weighted by atomic mass is 32.2. The Kier molecular flexibility index (Phi) is 6.01. The van der Waals surface area contributed by atoms with Gasteiger partial charge in [0.15, 0.2) is 0 Å².